The molecule has 1 aliphatic heterocycles. The Labute approximate surface area is 158 Å². The van der Waals surface area contributed by atoms with E-state index in [1.807, 2.05) is 12.3 Å². The van der Waals surface area contributed by atoms with Gasteiger partial charge in [-0.05, 0) is 43.8 Å². The summed E-state index contributed by atoms with van der Waals surface area (Å²) < 4.78 is 0. The quantitative estimate of drug-likeness (QED) is 0.629. The second kappa shape index (κ2) is 10.6. The third-order valence-corrected chi connectivity index (χ3v) is 5.61. The Morgan fingerprint density at radius 2 is 1.77 bits per heavy atom. The van der Waals surface area contributed by atoms with Crippen LogP contribution in [0.15, 0.2) is 5.38 Å². The zero-order chi connectivity index (χ0) is 18.9. The lowest BCUT2D eigenvalue weighted by Crippen LogP contribution is -2.37. The van der Waals surface area contributed by atoms with Crippen molar-refractivity contribution in [2.45, 2.75) is 32.6 Å². The van der Waals surface area contributed by atoms with Crippen LogP contribution in [-0.4, -0.2) is 77.8 Å². The number of nitrogens with one attached hydrogen (secondary N) is 1. The SMILES string of the molecule is Cc1csc(C(=O)N(CCO)CCO)c1NC(=O)CN1CCCCCC1. The van der Waals surface area contributed by atoms with Crippen LogP contribution >= 0.6 is 11.3 Å². The van der Waals surface area contributed by atoms with Crippen molar-refractivity contribution < 1.29 is 19.8 Å². The largest absolute Gasteiger partial charge is 0.395 e. The summed E-state index contributed by atoms with van der Waals surface area (Å²) >= 11 is 1.27. The minimum Gasteiger partial charge on any atom is -0.395 e. The number of rotatable bonds is 8. The molecular formula is C18H29N3O4S. The number of likely N-dealkylation sites (tertiary alicyclic amines) is 1. The van der Waals surface area contributed by atoms with E-state index in [0.717, 1.165) is 31.5 Å². The molecule has 2 amide bonds. The average Bonchev–Trinajstić information content (AvgIpc) is 2.82. The number of aliphatic hydroxyl groups is 2. The van der Waals surface area contributed by atoms with E-state index in [-0.39, 0.29) is 38.1 Å². The maximum Gasteiger partial charge on any atom is 0.266 e. The number of hydrogen-bond acceptors (Lipinski definition) is 6. The minimum absolute atomic E-state index is 0.113. The zero-order valence-corrected chi connectivity index (χ0v) is 16.2. The molecule has 0 spiro atoms. The number of aryl methyl sites for hydroxylation is 1. The highest BCUT2D eigenvalue weighted by Crippen LogP contribution is 2.29. The zero-order valence-electron chi connectivity index (χ0n) is 15.4. The van der Waals surface area contributed by atoms with Crippen molar-refractivity contribution in [1.82, 2.24) is 9.80 Å². The number of carbonyl (C=O) groups excluding carboxylic acids is 2. The second-order valence-electron chi connectivity index (χ2n) is 6.60. The molecule has 1 fully saturated rings. The number of nitrogens with zero attached hydrogens (tertiary/aromatic N) is 2. The Kier molecular flexibility index (Phi) is 8.50. The molecule has 1 aromatic rings. The van der Waals surface area contributed by atoms with Crippen molar-refractivity contribution in [2.75, 3.05) is 51.3 Å². The standard InChI is InChI=1S/C18H29N3O4S/c1-14-13-26-17(18(25)21(8-10-22)9-11-23)16(14)19-15(24)12-20-6-4-2-3-5-7-20/h13,22-23H,2-12H2,1H3,(H,19,24). The Morgan fingerprint density at radius 1 is 1.15 bits per heavy atom. The molecule has 2 rings (SSSR count). The van der Waals surface area contributed by atoms with E-state index in [1.165, 1.54) is 29.1 Å². The molecule has 26 heavy (non-hydrogen) atoms. The van der Waals surface area contributed by atoms with Gasteiger partial charge in [0, 0.05) is 13.1 Å². The molecule has 0 unspecified atom stereocenters. The summed E-state index contributed by atoms with van der Waals surface area (Å²) in [5.74, 6) is -0.394. The molecule has 8 heteroatoms. The van der Waals surface area contributed by atoms with Crippen LogP contribution in [0, 0.1) is 6.92 Å². The second-order valence-corrected chi connectivity index (χ2v) is 7.48. The molecule has 0 aromatic carbocycles. The first-order valence-corrected chi connectivity index (χ1v) is 10.1. The van der Waals surface area contributed by atoms with E-state index in [0.29, 0.717) is 17.1 Å². The summed E-state index contributed by atoms with van der Waals surface area (Å²) in [4.78, 5) is 29.2. The molecule has 3 N–H and O–H groups in total. The van der Waals surface area contributed by atoms with Crippen LogP contribution in [0.1, 0.15) is 40.9 Å². The smallest absolute Gasteiger partial charge is 0.266 e. The minimum atomic E-state index is -0.281. The molecule has 0 aliphatic carbocycles. The van der Waals surface area contributed by atoms with Crippen LogP contribution < -0.4 is 5.32 Å². The fraction of sp³-hybridized carbons (Fsp3) is 0.667. The lowest BCUT2D eigenvalue weighted by atomic mass is 10.2. The van der Waals surface area contributed by atoms with Crippen molar-refractivity contribution in [2.24, 2.45) is 0 Å². The number of thiophene rings is 1. The predicted molar refractivity (Wildman–Crippen MR) is 103 cm³/mol. The van der Waals surface area contributed by atoms with Gasteiger partial charge in [0.2, 0.25) is 5.91 Å². The summed E-state index contributed by atoms with van der Waals surface area (Å²) in [6, 6.07) is 0. The van der Waals surface area contributed by atoms with Crippen molar-refractivity contribution in [3.8, 4) is 0 Å². The van der Waals surface area contributed by atoms with Gasteiger partial charge >= 0.3 is 0 Å². The van der Waals surface area contributed by atoms with Gasteiger partial charge in [0.05, 0.1) is 25.4 Å². The average molecular weight is 384 g/mol. The summed E-state index contributed by atoms with van der Waals surface area (Å²) in [5.41, 5.74) is 1.39. The van der Waals surface area contributed by atoms with Gasteiger partial charge in [-0.1, -0.05) is 12.8 Å². The molecular weight excluding hydrogens is 354 g/mol. The van der Waals surface area contributed by atoms with Crippen LogP contribution in [0.25, 0.3) is 0 Å². The number of carbonyl (C=O) groups is 2. The number of aliphatic hydroxyl groups excluding tert-OH is 2. The Morgan fingerprint density at radius 3 is 2.35 bits per heavy atom. The first-order chi connectivity index (χ1) is 12.6. The van der Waals surface area contributed by atoms with Gasteiger partial charge in [-0.3, -0.25) is 14.5 Å². The first kappa shape index (κ1) is 20.8. The molecule has 1 aliphatic rings. The first-order valence-electron chi connectivity index (χ1n) is 9.18. The fourth-order valence-corrected chi connectivity index (χ4v) is 4.11. The molecule has 1 aromatic heterocycles. The van der Waals surface area contributed by atoms with E-state index in [9.17, 15) is 9.59 Å². The highest BCUT2D eigenvalue weighted by Gasteiger charge is 2.23. The maximum absolute atomic E-state index is 12.7. The topological polar surface area (TPSA) is 93.1 Å². The van der Waals surface area contributed by atoms with E-state index in [1.54, 1.807) is 0 Å². The van der Waals surface area contributed by atoms with Gasteiger partial charge in [-0.25, -0.2) is 0 Å². The third kappa shape index (κ3) is 5.77. The normalized spacial score (nSPS) is 15.5. The number of hydrogen-bond donors (Lipinski definition) is 3. The third-order valence-electron chi connectivity index (χ3n) is 4.53. The number of anilines is 1. The summed E-state index contributed by atoms with van der Waals surface area (Å²) in [5, 5.41) is 23.0. The lowest BCUT2D eigenvalue weighted by molar-refractivity contribution is -0.117. The monoisotopic (exact) mass is 383 g/mol. The van der Waals surface area contributed by atoms with Crippen molar-refractivity contribution in [3.05, 3.63) is 15.8 Å². The molecule has 146 valence electrons. The molecule has 7 nitrogen and oxygen atoms in total. The van der Waals surface area contributed by atoms with Crippen molar-refractivity contribution >= 4 is 28.8 Å². The fourth-order valence-electron chi connectivity index (χ4n) is 3.13. The molecule has 1 saturated heterocycles. The highest BCUT2D eigenvalue weighted by atomic mass is 32.1. The van der Waals surface area contributed by atoms with E-state index >= 15 is 0 Å². The molecule has 0 bridgehead atoms. The van der Waals surface area contributed by atoms with Crippen LogP contribution in [0.2, 0.25) is 0 Å². The van der Waals surface area contributed by atoms with Gasteiger partial charge in [0.1, 0.15) is 4.88 Å². The Hall–Kier alpha value is -1.48. The van der Waals surface area contributed by atoms with Crippen LogP contribution in [0.3, 0.4) is 0 Å². The highest BCUT2D eigenvalue weighted by molar-refractivity contribution is 7.13. The molecule has 0 saturated carbocycles. The van der Waals surface area contributed by atoms with Crippen LogP contribution in [-0.2, 0) is 4.79 Å². The van der Waals surface area contributed by atoms with E-state index < -0.39 is 0 Å². The van der Waals surface area contributed by atoms with E-state index in [2.05, 4.69) is 10.2 Å². The van der Waals surface area contributed by atoms with Gasteiger partial charge in [0.25, 0.3) is 5.91 Å². The van der Waals surface area contributed by atoms with Crippen LogP contribution in [0.5, 0.6) is 0 Å². The summed E-state index contributed by atoms with van der Waals surface area (Å²) in [7, 11) is 0. The summed E-state index contributed by atoms with van der Waals surface area (Å²) in [6.07, 6.45) is 4.66. The number of amides is 2. The van der Waals surface area contributed by atoms with Gasteiger partial charge in [0.15, 0.2) is 0 Å². The van der Waals surface area contributed by atoms with Gasteiger partial charge in [-0.2, -0.15) is 0 Å². The Bertz CT molecular complexity index is 591. The molecule has 2 heterocycles. The lowest BCUT2D eigenvalue weighted by Gasteiger charge is -2.22. The van der Waals surface area contributed by atoms with Crippen molar-refractivity contribution in [1.29, 1.82) is 0 Å². The molecule has 0 radical (unpaired) electrons. The van der Waals surface area contributed by atoms with E-state index in [4.69, 9.17) is 10.2 Å². The van der Waals surface area contributed by atoms with Crippen LogP contribution in [0.4, 0.5) is 5.69 Å². The maximum atomic E-state index is 12.7. The molecule has 0 atom stereocenters. The summed E-state index contributed by atoms with van der Waals surface area (Å²) in [6.45, 7) is 4.01. The van der Waals surface area contributed by atoms with Gasteiger partial charge in [-0.15, -0.1) is 11.3 Å². The van der Waals surface area contributed by atoms with Gasteiger partial charge < -0.3 is 20.4 Å². The Balaban J connectivity index is 2.05. The predicted octanol–water partition coefficient (Wildman–Crippen LogP) is 1.30. The van der Waals surface area contributed by atoms with Crippen molar-refractivity contribution in [3.63, 3.8) is 0 Å².